The third-order valence-electron chi connectivity index (χ3n) is 2.34. The molecule has 102 valence electrons. The topological polar surface area (TPSA) is 24.5 Å². The van der Waals surface area contributed by atoms with Gasteiger partial charge in [0.25, 0.3) is 0 Å². The lowest BCUT2D eigenvalue weighted by Crippen LogP contribution is -2.25. The summed E-state index contributed by atoms with van der Waals surface area (Å²) in [6.07, 6.45) is 1.13. The maximum atomic E-state index is 5.88. The van der Waals surface area contributed by atoms with Crippen LogP contribution in [0.15, 0.2) is 18.2 Å². The van der Waals surface area contributed by atoms with Crippen molar-refractivity contribution in [1.82, 2.24) is 10.2 Å². The molecule has 0 unspecified atom stereocenters. The molecule has 0 aliphatic heterocycles. The molecule has 0 radical (unpaired) electrons. The van der Waals surface area contributed by atoms with Gasteiger partial charge in [-0.1, -0.05) is 23.2 Å². The minimum atomic E-state index is 0.594. The van der Waals surface area contributed by atoms with Crippen molar-refractivity contribution in [2.45, 2.75) is 6.42 Å². The quantitative estimate of drug-likeness (QED) is 0.745. The molecule has 1 aromatic rings. The van der Waals surface area contributed by atoms with Crippen LogP contribution in [-0.2, 0) is 0 Å². The highest BCUT2D eigenvalue weighted by Gasteiger charge is 1.99. The molecular weight excluding hydrogens is 271 g/mol. The van der Waals surface area contributed by atoms with Crippen LogP contribution in [0.1, 0.15) is 6.42 Å². The minimum Gasteiger partial charge on any atom is -0.492 e. The normalized spacial score (nSPS) is 10.9. The summed E-state index contributed by atoms with van der Waals surface area (Å²) >= 11 is 11.8. The zero-order valence-electron chi connectivity index (χ0n) is 10.9. The van der Waals surface area contributed by atoms with Crippen molar-refractivity contribution in [3.05, 3.63) is 28.2 Å². The molecule has 1 rings (SSSR count). The van der Waals surface area contributed by atoms with Crippen LogP contribution in [0, 0.1) is 0 Å². The Bertz CT molecular complexity index is 339. The van der Waals surface area contributed by atoms with E-state index in [1.165, 1.54) is 0 Å². The largest absolute Gasteiger partial charge is 0.492 e. The zero-order valence-corrected chi connectivity index (χ0v) is 12.4. The fraction of sp³-hybridized carbons (Fsp3) is 0.538. The molecular formula is C13H20Cl2N2O. The van der Waals surface area contributed by atoms with Crippen molar-refractivity contribution < 1.29 is 4.74 Å². The lowest BCUT2D eigenvalue weighted by Gasteiger charge is -2.10. The van der Waals surface area contributed by atoms with Gasteiger partial charge in [0.2, 0.25) is 0 Å². The number of rotatable bonds is 8. The summed E-state index contributed by atoms with van der Waals surface area (Å²) in [6.45, 7) is 3.52. The van der Waals surface area contributed by atoms with Gasteiger partial charge in [0, 0.05) is 16.6 Å². The number of hydrogen-bond donors (Lipinski definition) is 1. The Kier molecular flexibility index (Phi) is 7.44. The first-order chi connectivity index (χ1) is 8.58. The molecule has 0 saturated heterocycles. The summed E-state index contributed by atoms with van der Waals surface area (Å²) < 4.78 is 5.55. The fourth-order valence-electron chi connectivity index (χ4n) is 1.50. The molecule has 0 heterocycles. The number of nitrogens with zero attached hydrogens (tertiary/aromatic N) is 1. The molecule has 0 aliphatic rings. The van der Waals surface area contributed by atoms with Crippen LogP contribution in [-0.4, -0.2) is 45.2 Å². The van der Waals surface area contributed by atoms with Gasteiger partial charge in [0.15, 0.2) is 0 Å². The van der Waals surface area contributed by atoms with E-state index in [0.29, 0.717) is 22.4 Å². The number of hydrogen-bond acceptors (Lipinski definition) is 3. The molecule has 0 saturated carbocycles. The molecule has 0 fully saturated rings. The second kappa shape index (κ2) is 8.59. The minimum absolute atomic E-state index is 0.594. The lowest BCUT2D eigenvalue weighted by molar-refractivity contribution is 0.311. The van der Waals surface area contributed by atoms with E-state index in [4.69, 9.17) is 27.9 Å². The summed E-state index contributed by atoms with van der Waals surface area (Å²) in [6, 6.07) is 5.22. The van der Waals surface area contributed by atoms with Gasteiger partial charge in [-0.3, -0.25) is 0 Å². The smallest absolute Gasteiger partial charge is 0.122 e. The average Bonchev–Trinajstić information content (AvgIpc) is 2.26. The fourth-order valence-corrected chi connectivity index (χ4v) is 2.00. The molecule has 18 heavy (non-hydrogen) atoms. The van der Waals surface area contributed by atoms with E-state index >= 15 is 0 Å². The van der Waals surface area contributed by atoms with Gasteiger partial charge in [-0.05, 0) is 51.8 Å². The van der Waals surface area contributed by atoms with Gasteiger partial charge in [0.1, 0.15) is 12.4 Å². The van der Waals surface area contributed by atoms with E-state index in [0.717, 1.165) is 26.1 Å². The van der Waals surface area contributed by atoms with E-state index in [2.05, 4.69) is 24.3 Å². The predicted octanol–water partition coefficient (Wildman–Crippen LogP) is 2.91. The number of ether oxygens (including phenoxy) is 1. The van der Waals surface area contributed by atoms with Crippen molar-refractivity contribution in [2.75, 3.05) is 40.3 Å². The zero-order chi connectivity index (χ0) is 13.4. The standard InChI is InChI=1S/C13H20Cl2N2O/c1-17(2)6-3-4-16-5-7-18-13-9-11(14)8-12(15)10-13/h8-10,16H,3-7H2,1-2H3. The predicted molar refractivity (Wildman–Crippen MR) is 78.0 cm³/mol. The summed E-state index contributed by atoms with van der Waals surface area (Å²) in [5.41, 5.74) is 0. The Morgan fingerprint density at radius 2 is 1.78 bits per heavy atom. The molecule has 0 atom stereocenters. The summed E-state index contributed by atoms with van der Waals surface area (Å²) in [4.78, 5) is 2.17. The Balaban J connectivity index is 2.10. The number of benzene rings is 1. The number of halogens is 2. The molecule has 0 spiro atoms. The molecule has 3 nitrogen and oxygen atoms in total. The van der Waals surface area contributed by atoms with Gasteiger partial charge in [-0.25, -0.2) is 0 Å². The summed E-state index contributed by atoms with van der Waals surface area (Å²) in [5.74, 6) is 0.711. The van der Waals surface area contributed by atoms with Crippen LogP contribution in [0.3, 0.4) is 0 Å². The molecule has 0 amide bonds. The van der Waals surface area contributed by atoms with Gasteiger partial charge in [-0.2, -0.15) is 0 Å². The van der Waals surface area contributed by atoms with Gasteiger partial charge in [0.05, 0.1) is 0 Å². The Morgan fingerprint density at radius 1 is 1.11 bits per heavy atom. The molecule has 5 heteroatoms. The van der Waals surface area contributed by atoms with Crippen LogP contribution in [0.25, 0.3) is 0 Å². The maximum Gasteiger partial charge on any atom is 0.122 e. The monoisotopic (exact) mass is 290 g/mol. The van der Waals surface area contributed by atoms with Gasteiger partial charge < -0.3 is 15.0 Å². The Hall–Kier alpha value is -0.480. The third kappa shape index (κ3) is 7.07. The van der Waals surface area contributed by atoms with E-state index in [-0.39, 0.29) is 0 Å². The van der Waals surface area contributed by atoms with E-state index in [1.54, 1.807) is 18.2 Å². The maximum absolute atomic E-state index is 5.88. The van der Waals surface area contributed by atoms with Gasteiger partial charge in [-0.15, -0.1) is 0 Å². The first-order valence-corrected chi connectivity index (χ1v) is 6.78. The van der Waals surface area contributed by atoms with E-state index in [9.17, 15) is 0 Å². The summed E-state index contributed by atoms with van der Waals surface area (Å²) in [5, 5.41) is 4.51. The van der Waals surface area contributed by atoms with Crippen LogP contribution in [0.5, 0.6) is 5.75 Å². The molecule has 1 aromatic carbocycles. The lowest BCUT2D eigenvalue weighted by atomic mass is 10.3. The first-order valence-electron chi connectivity index (χ1n) is 6.02. The Morgan fingerprint density at radius 3 is 2.39 bits per heavy atom. The van der Waals surface area contributed by atoms with E-state index < -0.39 is 0 Å². The molecule has 0 aromatic heterocycles. The second-order valence-electron chi connectivity index (χ2n) is 4.36. The van der Waals surface area contributed by atoms with Crippen molar-refractivity contribution in [3.63, 3.8) is 0 Å². The highest BCUT2D eigenvalue weighted by Crippen LogP contribution is 2.23. The van der Waals surface area contributed by atoms with Crippen molar-refractivity contribution >= 4 is 23.2 Å². The van der Waals surface area contributed by atoms with Crippen LogP contribution < -0.4 is 10.1 Å². The van der Waals surface area contributed by atoms with Gasteiger partial charge >= 0.3 is 0 Å². The first kappa shape index (κ1) is 15.6. The third-order valence-corrected chi connectivity index (χ3v) is 2.78. The van der Waals surface area contributed by atoms with Crippen molar-refractivity contribution in [2.24, 2.45) is 0 Å². The molecule has 0 bridgehead atoms. The van der Waals surface area contributed by atoms with Crippen LogP contribution in [0.4, 0.5) is 0 Å². The Labute approximate surface area is 119 Å². The van der Waals surface area contributed by atoms with E-state index in [1.807, 2.05) is 0 Å². The number of nitrogens with one attached hydrogen (secondary N) is 1. The average molecular weight is 291 g/mol. The second-order valence-corrected chi connectivity index (χ2v) is 5.23. The summed E-state index contributed by atoms with van der Waals surface area (Å²) in [7, 11) is 4.15. The van der Waals surface area contributed by atoms with Crippen LogP contribution >= 0.6 is 23.2 Å². The SMILES string of the molecule is CN(C)CCCNCCOc1cc(Cl)cc(Cl)c1. The molecule has 0 aliphatic carbocycles. The highest BCUT2D eigenvalue weighted by atomic mass is 35.5. The van der Waals surface area contributed by atoms with Crippen molar-refractivity contribution in [1.29, 1.82) is 0 Å². The molecule has 1 N–H and O–H groups in total. The highest BCUT2D eigenvalue weighted by molar-refractivity contribution is 6.34. The van der Waals surface area contributed by atoms with Crippen molar-refractivity contribution in [3.8, 4) is 5.75 Å². The van der Waals surface area contributed by atoms with Crippen LogP contribution in [0.2, 0.25) is 10.0 Å².